The van der Waals surface area contributed by atoms with E-state index in [1.165, 1.54) is 5.57 Å². The van der Waals surface area contributed by atoms with E-state index in [1.807, 2.05) is 0 Å². The summed E-state index contributed by atoms with van der Waals surface area (Å²) in [5.41, 5.74) is 6.34. The van der Waals surface area contributed by atoms with Gasteiger partial charge in [-0.1, -0.05) is 31.7 Å². The summed E-state index contributed by atoms with van der Waals surface area (Å²) >= 11 is 0. The van der Waals surface area contributed by atoms with E-state index in [4.69, 9.17) is 9.26 Å². The highest BCUT2D eigenvalue weighted by atomic mass is 28.2. The Balaban J connectivity index is 1.95. The first kappa shape index (κ1) is 13.1. The van der Waals surface area contributed by atoms with Crippen molar-refractivity contribution >= 4 is 15.6 Å². The van der Waals surface area contributed by atoms with Crippen molar-refractivity contribution in [3.8, 4) is 0 Å². The Kier molecular flexibility index (Phi) is 3.18. The van der Waals surface area contributed by atoms with E-state index < -0.39 is 0 Å². The second-order valence-corrected chi connectivity index (χ2v) is 6.84. The van der Waals surface area contributed by atoms with Crippen LogP contribution in [0.25, 0.3) is 0 Å². The molecule has 1 fully saturated rings. The highest BCUT2D eigenvalue weighted by molar-refractivity contribution is 6.33. The quantitative estimate of drug-likeness (QED) is 0.619. The monoisotopic (exact) mass is 277 g/mol. The lowest BCUT2D eigenvalue weighted by atomic mass is 9.58. The molecule has 4 atom stereocenters. The topological polar surface area (TPSA) is 30.5 Å². The Morgan fingerprint density at radius 1 is 1.58 bits per heavy atom. The molecule has 0 aromatic rings. The maximum Gasteiger partial charge on any atom is 0.208 e. The Morgan fingerprint density at radius 2 is 2.37 bits per heavy atom. The largest absolute Gasteiger partial charge is 0.551 e. The molecule has 3 aliphatic rings. The number of hydrogen-bond acceptors (Lipinski definition) is 3. The van der Waals surface area contributed by atoms with Crippen LogP contribution in [0, 0.1) is 11.3 Å². The van der Waals surface area contributed by atoms with Gasteiger partial charge in [0.25, 0.3) is 0 Å². The Labute approximate surface area is 117 Å². The van der Waals surface area contributed by atoms with Crippen molar-refractivity contribution in [1.29, 1.82) is 0 Å². The van der Waals surface area contributed by atoms with Gasteiger partial charge in [-0.05, 0) is 37.2 Å². The molecule has 0 radical (unpaired) electrons. The molecule has 104 valence electrons. The lowest BCUT2D eigenvalue weighted by Crippen LogP contribution is -2.45. The van der Waals surface area contributed by atoms with Crippen molar-refractivity contribution in [2.75, 3.05) is 0 Å². The van der Waals surface area contributed by atoms with E-state index in [-0.39, 0.29) is 14.8 Å². The molecule has 1 aliphatic heterocycles. The van der Waals surface area contributed by atoms with Gasteiger partial charge in [0.2, 0.25) is 9.38 Å². The molecule has 0 saturated heterocycles. The van der Waals surface area contributed by atoms with Crippen LogP contribution in [0.4, 0.5) is 0 Å². The fraction of sp³-hybridized carbons (Fsp3) is 0.667. The molecule has 0 bridgehead atoms. The van der Waals surface area contributed by atoms with Gasteiger partial charge in [0.15, 0.2) is 0 Å². The average Bonchev–Trinajstić information content (AvgIpc) is 2.73. The van der Waals surface area contributed by atoms with Crippen LogP contribution in [0.5, 0.6) is 0 Å². The molecule has 4 heteroatoms. The first-order valence-electron chi connectivity index (χ1n) is 7.16. The van der Waals surface area contributed by atoms with Gasteiger partial charge in [-0.15, -0.1) is 5.48 Å². The van der Waals surface area contributed by atoms with Crippen molar-refractivity contribution in [2.45, 2.75) is 52.2 Å². The SMILES string of the molecule is C=[SiH]OC1CCC2=CC3NOC(C)=C3CC2(C)C1C. The molecule has 0 aromatic carbocycles. The molecule has 0 aromatic heterocycles. The molecule has 19 heavy (non-hydrogen) atoms. The minimum atomic E-state index is -0.114. The van der Waals surface area contributed by atoms with Crippen LogP contribution >= 0.6 is 0 Å². The molecule has 0 spiro atoms. The van der Waals surface area contributed by atoms with Gasteiger partial charge in [0, 0.05) is 5.92 Å². The summed E-state index contributed by atoms with van der Waals surface area (Å²) in [7, 11) is -0.114. The molecule has 1 heterocycles. The molecule has 1 N–H and O–H groups in total. The minimum Gasteiger partial charge on any atom is -0.551 e. The fourth-order valence-electron chi connectivity index (χ4n) is 3.87. The van der Waals surface area contributed by atoms with E-state index in [0.717, 1.165) is 25.0 Å². The zero-order valence-electron chi connectivity index (χ0n) is 12.0. The van der Waals surface area contributed by atoms with E-state index in [9.17, 15) is 0 Å². The van der Waals surface area contributed by atoms with Gasteiger partial charge in [-0.25, -0.2) is 0 Å². The lowest BCUT2D eigenvalue weighted by Gasteiger charge is -2.49. The van der Waals surface area contributed by atoms with E-state index in [0.29, 0.717) is 18.1 Å². The molecule has 3 rings (SSSR count). The van der Waals surface area contributed by atoms with Crippen LogP contribution in [0.15, 0.2) is 23.0 Å². The molecule has 2 aliphatic carbocycles. The fourth-order valence-corrected chi connectivity index (χ4v) is 4.49. The second-order valence-electron chi connectivity index (χ2n) is 6.23. The molecule has 1 saturated carbocycles. The molecule has 0 amide bonds. The Bertz CT molecular complexity index is 471. The van der Waals surface area contributed by atoms with E-state index in [1.54, 1.807) is 5.57 Å². The van der Waals surface area contributed by atoms with Gasteiger partial charge >= 0.3 is 0 Å². The first-order valence-corrected chi connectivity index (χ1v) is 8.44. The minimum absolute atomic E-state index is 0.114. The van der Waals surface area contributed by atoms with Gasteiger partial charge in [-0.3, -0.25) is 0 Å². The Hall–Kier alpha value is -0.873. The summed E-state index contributed by atoms with van der Waals surface area (Å²) in [6.45, 7) is 6.80. The number of allylic oxidation sites excluding steroid dienone is 2. The van der Waals surface area contributed by atoms with Gasteiger partial charge in [0.1, 0.15) is 5.76 Å². The predicted octanol–water partition coefficient (Wildman–Crippen LogP) is 2.10. The smallest absolute Gasteiger partial charge is 0.208 e. The van der Waals surface area contributed by atoms with Crippen LogP contribution in [0.3, 0.4) is 0 Å². The normalized spacial score (nSPS) is 41.0. The zero-order valence-corrected chi connectivity index (χ0v) is 13.2. The second kappa shape index (κ2) is 4.60. The summed E-state index contributed by atoms with van der Waals surface area (Å²) in [6.07, 6.45) is 10.1. The first-order chi connectivity index (χ1) is 9.06. The van der Waals surface area contributed by atoms with Crippen molar-refractivity contribution in [3.63, 3.8) is 0 Å². The summed E-state index contributed by atoms with van der Waals surface area (Å²) in [4.78, 5) is 5.51. The number of hydroxylamine groups is 1. The average molecular weight is 277 g/mol. The third kappa shape index (κ3) is 1.92. The third-order valence-corrected chi connectivity index (χ3v) is 5.90. The summed E-state index contributed by atoms with van der Waals surface area (Å²) in [5.74, 6) is 1.60. The highest BCUT2D eigenvalue weighted by Gasteiger charge is 2.48. The maximum absolute atomic E-state index is 5.93. The maximum atomic E-state index is 5.93. The number of nitrogens with one attached hydrogen (secondary N) is 1. The van der Waals surface area contributed by atoms with Gasteiger partial charge in [0.05, 0.1) is 12.1 Å². The third-order valence-electron chi connectivity index (χ3n) is 5.36. The molecular formula is C15H23NO2Si. The molecule has 3 nitrogen and oxygen atoms in total. The summed E-state index contributed by atoms with van der Waals surface area (Å²) < 4.78 is 5.93. The van der Waals surface area contributed by atoms with Crippen LogP contribution < -0.4 is 5.48 Å². The number of rotatable bonds is 2. The van der Waals surface area contributed by atoms with Crippen LogP contribution in [0.2, 0.25) is 0 Å². The van der Waals surface area contributed by atoms with Crippen molar-refractivity contribution in [3.05, 3.63) is 23.0 Å². The molecular weight excluding hydrogens is 254 g/mol. The van der Waals surface area contributed by atoms with Crippen LogP contribution in [-0.4, -0.2) is 27.7 Å². The summed E-state index contributed by atoms with van der Waals surface area (Å²) in [6, 6.07) is 0.297. The van der Waals surface area contributed by atoms with Gasteiger partial charge in [-0.2, -0.15) is 0 Å². The lowest BCUT2D eigenvalue weighted by molar-refractivity contribution is 0.0442. The van der Waals surface area contributed by atoms with E-state index in [2.05, 4.69) is 38.5 Å². The van der Waals surface area contributed by atoms with Gasteiger partial charge < -0.3 is 9.26 Å². The van der Waals surface area contributed by atoms with Crippen LogP contribution in [-0.2, 0) is 9.26 Å². The predicted molar refractivity (Wildman–Crippen MR) is 79.1 cm³/mol. The van der Waals surface area contributed by atoms with Crippen molar-refractivity contribution in [2.24, 2.45) is 11.3 Å². The number of hydrogen-bond donors (Lipinski definition) is 1. The summed E-state index contributed by atoms with van der Waals surface area (Å²) in [5, 5.41) is 0. The number of fused-ring (bicyclic) bond motifs is 2. The van der Waals surface area contributed by atoms with Crippen LogP contribution in [0.1, 0.15) is 40.0 Å². The standard InChI is InChI=1S/C15H23NO2Si/c1-9-14(18-19-4)6-5-11-7-13-12(8-15(9,11)3)10(2)17-16-13/h7,9,13-14,16,19H,4-6,8H2,1-3H3. The highest BCUT2D eigenvalue weighted by Crippen LogP contribution is 2.53. The van der Waals surface area contributed by atoms with Crippen molar-refractivity contribution in [1.82, 2.24) is 5.48 Å². The Morgan fingerprint density at radius 3 is 3.11 bits per heavy atom. The van der Waals surface area contributed by atoms with E-state index >= 15 is 0 Å². The van der Waals surface area contributed by atoms with Crippen molar-refractivity contribution < 1.29 is 9.26 Å². The molecule has 4 unspecified atom stereocenters. The zero-order chi connectivity index (χ0) is 13.6.